The largest absolute Gasteiger partial charge is 0.396 e. The Morgan fingerprint density at radius 2 is 2.37 bits per heavy atom. The highest BCUT2D eigenvalue weighted by Gasteiger charge is 2.23. The maximum absolute atomic E-state index is 9.11. The Bertz CT molecular complexity index is 368. The van der Waals surface area contributed by atoms with Gasteiger partial charge < -0.3 is 14.4 Å². The zero-order valence-electron chi connectivity index (χ0n) is 11.5. The lowest BCUT2D eigenvalue weighted by molar-refractivity contribution is 0.100. The van der Waals surface area contributed by atoms with E-state index in [0.717, 1.165) is 19.4 Å². The standard InChI is InChI=1S/C13H23N3O3/c1-18-9-6-12-14-13(19-15-12)10-16-7-3-2-4-11(16)5-8-17/h11,17H,2-10H2,1H3. The molecule has 6 nitrogen and oxygen atoms in total. The highest BCUT2D eigenvalue weighted by atomic mass is 16.5. The molecule has 1 unspecified atom stereocenters. The van der Waals surface area contributed by atoms with Gasteiger partial charge in [-0.15, -0.1) is 0 Å². The summed E-state index contributed by atoms with van der Waals surface area (Å²) in [6.07, 6.45) is 5.09. The molecule has 0 radical (unpaired) electrons. The minimum atomic E-state index is 0.240. The fourth-order valence-electron chi connectivity index (χ4n) is 2.57. The van der Waals surface area contributed by atoms with E-state index in [1.54, 1.807) is 7.11 Å². The molecule has 1 saturated heterocycles. The van der Waals surface area contributed by atoms with Crippen molar-refractivity contribution in [2.45, 2.75) is 44.7 Å². The molecule has 2 rings (SSSR count). The molecule has 1 aliphatic heterocycles. The van der Waals surface area contributed by atoms with Gasteiger partial charge in [-0.1, -0.05) is 11.6 Å². The van der Waals surface area contributed by atoms with E-state index in [1.807, 2.05) is 0 Å². The molecule has 1 aromatic heterocycles. The number of piperidine rings is 1. The molecule has 0 aromatic carbocycles. The van der Waals surface area contributed by atoms with E-state index in [4.69, 9.17) is 14.4 Å². The molecule has 0 spiro atoms. The Balaban J connectivity index is 1.89. The summed E-state index contributed by atoms with van der Waals surface area (Å²) in [6.45, 7) is 2.57. The zero-order valence-corrected chi connectivity index (χ0v) is 11.5. The van der Waals surface area contributed by atoms with Crippen molar-refractivity contribution in [3.8, 4) is 0 Å². The summed E-state index contributed by atoms with van der Waals surface area (Å²) in [5, 5.41) is 13.1. The first kappa shape index (κ1) is 14.4. The maximum atomic E-state index is 9.11. The molecule has 1 N–H and O–H groups in total. The third kappa shape index (κ3) is 4.26. The number of aliphatic hydroxyl groups excluding tert-OH is 1. The van der Waals surface area contributed by atoms with Crippen LogP contribution in [0.1, 0.15) is 37.4 Å². The van der Waals surface area contributed by atoms with E-state index < -0.39 is 0 Å². The van der Waals surface area contributed by atoms with Crippen molar-refractivity contribution in [3.63, 3.8) is 0 Å². The highest BCUT2D eigenvalue weighted by molar-refractivity contribution is 4.88. The molecule has 0 saturated carbocycles. The van der Waals surface area contributed by atoms with E-state index >= 15 is 0 Å². The van der Waals surface area contributed by atoms with Gasteiger partial charge in [-0.3, -0.25) is 4.90 Å². The van der Waals surface area contributed by atoms with Crippen LogP contribution in [0.5, 0.6) is 0 Å². The number of aliphatic hydroxyl groups is 1. The molecular formula is C13H23N3O3. The van der Waals surface area contributed by atoms with Crippen LogP contribution in [-0.4, -0.2) is 53.1 Å². The first-order valence-corrected chi connectivity index (χ1v) is 6.98. The van der Waals surface area contributed by atoms with Gasteiger partial charge in [0.25, 0.3) is 0 Å². The third-order valence-electron chi connectivity index (χ3n) is 3.59. The molecule has 1 fully saturated rings. The molecule has 1 atom stereocenters. The highest BCUT2D eigenvalue weighted by Crippen LogP contribution is 2.21. The summed E-state index contributed by atoms with van der Waals surface area (Å²) in [5.41, 5.74) is 0. The van der Waals surface area contributed by atoms with E-state index in [-0.39, 0.29) is 6.61 Å². The third-order valence-corrected chi connectivity index (χ3v) is 3.59. The van der Waals surface area contributed by atoms with Gasteiger partial charge in [-0.25, -0.2) is 0 Å². The first-order valence-electron chi connectivity index (χ1n) is 6.98. The van der Waals surface area contributed by atoms with Crippen LogP contribution < -0.4 is 0 Å². The SMILES string of the molecule is COCCc1noc(CN2CCCCC2CCO)n1. The number of ether oxygens (including phenoxy) is 1. The molecule has 1 aromatic rings. The molecule has 108 valence electrons. The Kier molecular flexibility index (Phi) is 5.75. The van der Waals surface area contributed by atoms with Crippen molar-refractivity contribution in [1.29, 1.82) is 0 Å². The molecule has 0 amide bonds. The summed E-state index contributed by atoms with van der Waals surface area (Å²) in [5.74, 6) is 1.36. The van der Waals surface area contributed by atoms with Crippen LogP contribution in [-0.2, 0) is 17.7 Å². The molecule has 1 aliphatic rings. The minimum absolute atomic E-state index is 0.240. The van der Waals surface area contributed by atoms with Gasteiger partial charge in [0.2, 0.25) is 5.89 Å². The topological polar surface area (TPSA) is 71.6 Å². The van der Waals surface area contributed by atoms with E-state index in [9.17, 15) is 0 Å². The van der Waals surface area contributed by atoms with Crippen molar-refractivity contribution in [3.05, 3.63) is 11.7 Å². The lowest BCUT2D eigenvalue weighted by atomic mass is 10.00. The van der Waals surface area contributed by atoms with Gasteiger partial charge in [0.05, 0.1) is 13.2 Å². The second-order valence-electron chi connectivity index (χ2n) is 4.98. The molecular weight excluding hydrogens is 246 g/mol. The summed E-state index contributed by atoms with van der Waals surface area (Å²) in [6, 6.07) is 0.438. The van der Waals surface area contributed by atoms with Crippen LogP contribution in [0, 0.1) is 0 Å². The Labute approximate surface area is 113 Å². The Morgan fingerprint density at radius 1 is 1.47 bits per heavy atom. The van der Waals surface area contributed by atoms with Gasteiger partial charge in [0.15, 0.2) is 5.82 Å². The quantitative estimate of drug-likeness (QED) is 0.796. The molecule has 0 aliphatic carbocycles. The molecule has 2 heterocycles. The number of methoxy groups -OCH3 is 1. The van der Waals surface area contributed by atoms with Gasteiger partial charge in [-0.05, 0) is 25.8 Å². The second kappa shape index (κ2) is 7.57. The van der Waals surface area contributed by atoms with Crippen LogP contribution in [0.4, 0.5) is 0 Å². The Morgan fingerprint density at radius 3 is 3.16 bits per heavy atom. The van der Waals surface area contributed by atoms with E-state index in [1.165, 1.54) is 12.8 Å². The predicted molar refractivity (Wildman–Crippen MR) is 69.6 cm³/mol. The summed E-state index contributed by atoms with van der Waals surface area (Å²) in [4.78, 5) is 6.72. The number of aromatic nitrogens is 2. The van der Waals surface area contributed by atoms with Crippen LogP contribution >= 0.6 is 0 Å². The zero-order chi connectivity index (χ0) is 13.5. The fourth-order valence-corrected chi connectivity index (χ4v) is 2.57. The maximum Gasteiger partial charge on any atom is 0.240 e. The molecule has 6 heteroatoms. The van der Waals surface area contributed by atoms with Crippen LogP contribution in [0.2, 0.25) is 0 Å². The fraction of sp³-hybridized carbons (Fsp3) is 0.846. The lowest BCUT2D eigenvalue weighted by Crippen LogP contribution is -2.39. The van der Waals surface area contributed by atoms with E-state index in [0.29, 0.717) is 37.3 Å². The van der Waals surface area contributed by atoms with Crippen molar-refractivity contribution in [2.75, 3.05) is 26.9 Å². The lowest BCUT2D eigenvalue weighted by Gasteiger charge is -2.34. The number of hydrogen-bond acceptors (Lipinski definition) is 6. The summed E-state index contributed by atoms with van der Waals surface area (Å²) < 4.78 is 10.3. The predicted octanol–water partition coefficient (Wildman–Crippen LogP) is 0.995. The van der Waals surface area contributed by atoms with Crippen LogP contribution in [0.3, 0.4) is 0 Å². The number of nitrogens with zero attached hydrogens (tertiary/aromatic N) is 3. The van der Waals surface area contributed by atoms with Gasteiger partial charge >= 0.3 is 0 Å². The molecule has 19 heavy (non-hydrogen) atoms. The normalized spacial score (nSPS) is 20.8. The first-order chi connectivity index (χ1) is 9.33. The van der Waals surface area contributed by atoms with Crippen molar-refractivity contribution >= 4 is 0 Å². The van der Waals surface area contributed by atoms with Gasteiger partial charge in [0, 0.05) is 26.2 Å². The summed E-state index contributed by atoms with van der Waals surface area (Å²) in [7, 11) is 1.66. The Hall–Kier alpha value is -0.980. The average molecular weight is 269 g/mol. The monoisotopic (exact) mass is 269 g/mol. The number of likely N-dealkylation sites (tertiary alicyclic amines) is 1. The van der Waals surface area contributed by atoms with E-state index in [2.05, 4.69) is 15.0 Å². The minimum Gasteiger partial charge on any atom is -0.396 e. The molecule has 0 bridgehead atoms. The van der Waals surface area contributed by atoms with Crippen LogP contribution in [0.15, 0.2) is 4.52 Å². The number of rotatable bonds is 7. The van der Waals surface area contributed by atoms with Crippen LogP contribution in [0.25, 0.3) is 0 Å². The van der Waals surface area contributed by atoms with Crippen molar-refractivity contribution < 1.29 is 14.4 Å². The van der Waals surface area contributed by atoms with Gasteiger partial charge in [-0.2, -0.15) is 4.98 Å². The van der Waals surface area contributed by atoms with Gasteiger partial charge in [0.1, 0.15) is 0 Å². The van der Waals surface area contributed by atoms with Crippen molar-refractivity contribution in [1.82, 2.24) is 15.0 Å². The van der Waals surface area contributed by atoms with Crippen molar-refractivity contribution in [2.24, 2.45) is 0 Å². The summed E-state index contributed by atoms with van der Waals surface area (Å²) >= 11 is 0. The average Bonchev–Trinajstić information content (AvgIpc) is 2.87. The smallest absolute Gasteiger partial charge is 0.240 e. The second-order valence-corrected chi connectivity index (χ2v) is 4.98. The number of hydrogen-bond donors (Lipinski definition) is 1.